The van der Waals surface area contributed by atoms with Crippen molar-refractivity contribution in [2.75, 3.05) is 31.1 Å². The summed E-state index contributed by atoms with van der Waals surface area (Å²) in [6.45, 7) is 8.70. The number of aryl methyl sites for hydroxylation is 2. The van der Waals surface area contributed by atoms with Crippen LogP contribution in [0.25, 0.3) is 5.69 Å². The van der Waals surface area contributed by atoms with Crippen LogP contribution in [0.15, 0.2) is 36.7 Å². The highest BCUT2D eigenvalue weighted by Crippen LogP contribution is 2.13. The fourth-order valence-corrected chi connectivity index (χ4v) is 3.48. The van der Waals surface area contributed by atoms with Gasteiger partial charge in [0.05, 0.1) is 31.9 Å². The van der Waals surface area contributed by atoms with Crippen LogP contribution in [0.5, 0.6) is 0 Å². The standard InChI is InChI=1S/C18H22N8S/c1-14-4-5-16(12-15(14)2)26-18(27)25(21-22-26)13-23-8-10-24(11-9-23)17-19-6-3-7-20-17/h3-7,12H,8-11,13H2,1-2H3/p+1. The SMILES string of the molecule is Cc1ccc(-n2nnn(C[NH+]3CCN(c4ncccn4)CC3)c2=S)cc1C. The van der Waals surface area contributed by atoms with Crippen molar-refractivity contribution in [1.29, 1.82) is 0 Å². The van der Waals surface area contributed by atoms with Crippen LogP contribution in [-0.2, 0) is 6.67 Å². The van der Waals surface area contributed by atoms with Gasteiger partial charge in [-0.2, -0.15) is 9.36 Å². The Kier molecular flexibility index (Phi) is 4.95. The molecule has 0 saturated carbocycles. The molecule has 0 unspecified atom stereocenters. The van der Waals surface area contributed by atoms with Crippen LogP contribution in [0.1, 0.15) is 11.1 Å². The molecule has 3 heterocycles. The lowest BCUT2D eigenvalue weighted by molar-refractivity contribution is -0.924. The van der Waals surface area contributed by atoms with Crippen LogP contribution < -0.4 is 9.80 Å². The van der Waals surface area contributed by atoms with Gasteiger partial charge in [0, 0.05) is 12.4 Å². The number of quaternary nitrogens is 1. The first-order chi connectivity index (χ1) is 13.1. The van der Waals surface area contributed by atoms with Crippen molar-refractivity contribution in [2.24, 2.45) is 0 Å². The van der Waals surface area contributed by atoms with E-state index in [0.29, 0.717) is 11.4 Å². The fraction of sp³-hybridized carbons (Fsp3) is 0.389. The van der Waals surface area contributed by atoms with Crippen molar-refractivity contribution in [2.45, 2.75) is 20.5 Å². The minimum atomic E-state index is 0.625. The molecule has 0 bridgehead atoms. The Hall–Kier alpha value is -2.65. The first-order valence-electron chi connectivity index (χ1n) is 9.08. The first kappa shape index (κ1) is 17.7. The molecule has 1 aromatic carbocycles. The van der Waals surface area contributed by atoms with E-state index in [2.05, 4.69) is 51.3 Å². The van der Waals surface area contributed by atoms with Crippen LogP contribution in [0.3, 0.4) is 0 Å². The van der Waals surface area contributed by atoms with Gasteiger partial charge >= 0.3 is 0 Å². The second kappa shape index (κ2) is 7.53. The summed E-state index contributed by atoms with van der Waals surface area (Å²) in [6.07, 6.45) is 3.57. The molecule has 0 radical (unpaired) electrons. The highest BCUT2D eigenvalue weighted by atomic mass is 32.1. The first-order valence-corrected chi connectivity index (χ1v) is 9.48. The smallest absolute Gasteiger partial charge is 0.225 e. The zero-order chi connectivity index (χ0) is 18.8. The maximum absolute atomic E-state index is 5.61. The van der Waals surface area contributed by atoms with Gasteiger partial charge in [0.15, 0.2) is 6.67 Å². The lowest BCUT2D eigenvalue weighted by Gasteiger charge is -2.31. The molecule has 3 aromatic rings. The predicted octanol–water partition coefficient (Wildman–Crippen LogP) is 0.568. The molecule has 1 N–H and O–H groups in total. The third-order valence-electron chi connectivity index (χ3n) is 5.05. The Balaban J connectivity index is 1.43. The van der Waals surface area contributed by atoms with Crippen LogP contribution in [0, 0.1) is 18.6 Å². The van der Waals surface area contributed by atoms with E-state index in [0.717, 1.165) is 37.8 Å². The Labute approximate surface area is 163 Å². The topological polar surface area (TPSA) is 69.1 Å². The molecule has 27 heavy (non-hydrogen) atoms. The van der Waals surface area contributed by atoms with E-state index in [1.165, 1.54) is 16.0 Å². The van der Waals surface area contributed by atoms with Crippen LogP contribution in [0.4, 0.5) is 5.95 Å². The monoisotopic (exact) mass is 383 g/mol. The predicted molar refractivity (Wildman–Crippen MR) is 105 cm³/mol. The van der Waals surface area contributed by atoms with Crippen LogP contribution >= 0.6 is 12.2 Å². The molecule has 1 aliphatic rings. The van der Waals surface area contributed by atoms with Crippen molar-refractivity contribution in [1.82, 2.24) is 29.8 Å². The molecule has 4 rings (SSSR count). The van der Waals surface area contributed by atoms with Gasteiger partial charge in [0.2, 0.25) is 10.7 Å². The highest BCUT2D eigenvalue weighted by molar-refractivity contribution is 7.71. The van der Waals surface area contributed by atoms with E-state index in [1.807, 2.05) is 16.8 Å². The van der Waals surface area contributed by atoms with Gasteiger partial charge in [0.25, 0.3) is 0 Å². The molecule has 1 saturated heterocycles. The van der Waals surface area contributed by atoms with Crippen molar-refractivity contribution >= 4 is 18.2 Å². The van der Waals surface area contributed by atoms with Crippen LogP contribution in [0.2, 0.25) is 0 Å². The largest absolute Gasteiger partial charge is 0.330 e. The second-order valence-corrected chi connectivity index (χ2v) is 7.25. The number of piperazine rings is 1. The van der Waals surface area contributed by atoms with E-state index in [4.69, 9.17) is 12.2 Å². The minimum Gasteiger partial charge on any atom is -0.330 e. The molecular formula is C18H23N8S+. The summed E-state index contributed by atoms with van der Waals surface area (Å²) in [5.74, 6) is 0.800. The quantitative estimate of drug-likeness (QED) is 0.665. The summed E-state index contributed by atoms with van der Waals surface area (Å²) in [5, 5.41) is 8.55. The summed E-state index contributed by atoms with van der Waals surface area (Å²) in [6, 6.07) is 8.05. The van der Waals surface area contributed by atoms with Crippen molar-refractivity contribution in [3.8, 4) is 5.69 Å². The molecule has 0 spiro atoms. The average Bonchev–Trinajstić information content (AvgIpc) is 3.06. The molecule has 1 fully saturated rings. The molecule has 8 nitrogen and oxygen atoms in total. The number of nitrogens with zero attached hydrogens (tertiary/aromatic N) is 7. The number of tetrazole rings is 1. The highest BCUT2D eigenvalue weighted by Gasteiger charge is 2.22. The van der Waals surface area contributed by atoms with Gasteiger partial charge in [-0.05, 0) is 65.8 Å². The molecule has 0 amide bonds. The molecular weight excluding hydrogens is 360 g/mol. The summed E-state index contributed by atoms with van der Waals surface area (Å²) >= 11 is 5.61. The Bertz CT molecular complexity index is 973. The minimum absolute atomic E-state index is 0.625. The lowest BCUT2D eigenvalue weighted by atomic mass is 10.1. The van der Waals surface area contributed by atoms with E-state index in [1.54, 1.807) is 17.1 Å². The summed E-state index contributed by atoms with van der Waals surface area (Å²) in [5.41, 5.74) is 3.42. The molecule has 9 heteroatoms. The van der Waals surface area contributed by atoms with Crippen molar-refractivity contribution < 1.29 is 4.90 Å². The molecule has 2 aromatic heterocycles. The maximum atomic E-state index is 5.61. The summed E-state index contributed by atoms with van der Waals surface area (Å²) in [4.78, 5) is 12.3. The summed E-state index contributed by atoms with van der Waals surface area (Å²) in [7, 11) is 0. The number of hydrogen-bond donors (Lipinski definition) is 1. The van der Waals surface area contributed by atoms with E-state index in [9.17, 15) is 0 Å². The Morgan fingerprint density at radius 3 is 2.48 bits per heavy atom. The zero-order valence-corrected chi connectivity index (χ0v) is 16.4. The number of hydrogen-bond acceptors (Lipinski definition) is 6. The molecule has 0 atom stereocenters. The van der Waals surface area contributed by atoms with Gasteiger partial charge in [-0.1, -0.05) is 6.07 Å². The number of benzene rings is 1. The molecule has 1 aliphatic heterocycles. The van der Waals surface area contributed by atoms with Gasteiger partial charge in [-0.15, -0.1) is 0 Å². The van der Waals surface area contributed by atoms with Crippen molar-refractivity contribution in [3.05, 3.63) is 52.6 Å². The zero-order valence-electron chi connectivity index (χ0n) is 15.5. The molecule has 0 aliphatic carbocycles. The lowest BCUT2D eigenvalue weighted by Crippen LogP contribution is -3.14. The molecule has 140 valence electrons. The third-order valence-corrected chi connectivity index (χ3v) is 5.44. The Morgan fingerprint density at radius 1 is 1.04 bits per heavy atom. The summed E-state index contributed by atoms with van der Waals surface area (Å²) < 4.78 is 4.17. The van der Waals surface area contributed by atoms with E-state index < -0.39 is 0 Å². The van der Waals surface area contributed by atoms with Crippen LogP contribution in [-0.4, -0.2) is 55.9 Å². The van der Waals surface area contributed by atoms with Crippen molar-refractivity contribution in [3.63, 3.8) is 0 Å². The van der Waals surface area contributed by atoms with Gasteiger partial charge < -0.3 is 9.80 Å². The Morgan fingerprint density at radius 2 is 1.78 bits per heavy atom. The number of anilines is 1. The second-order valence-electron chi connectivity index (χ2n) is 6.89. The third kappa shape index (κ3) is 3.74. The number of rotatable bonds is 4. The van der Waals surface area contributed by atoms with E-state index in [-0.39, 0.29) is 0 Å². The van der Waals surface area contributed by atoms with Gasteiger partial charge in [-0.25, -0.2) is 9.97 Å². The number of nitrogens with one attached hydrogen (secondary N) is 1. The number of aromatic nitrogens is 6. The maximum Gasteiger partial charge on any atom is 0.225 e. The normalized spacial score (nSPS) is 15.3. The average molecular weight is 384 g/mol. The van der Waals surface area contributed by atoms with Gasteiger partial charge in [0.1, 0.15) is 0 Å². The van der Waals surface area contributed by atoms with Gasteiger partial charge in [-0.3, -0.25) is 0 Å². The van der Waals surface area contributed by atoms with E-state index >= 15 is 0 Å². The fourth-order valence-electron chi connectivity index (χ4n) is 3.24.